The lowest BCUT2D eigenvalue weighted by atomic mass is 10.3. The number of nitrogens with zero attached hydrogens (tertiary/aromatic N) is 3. The van der Waals surface area contributed by atoms with Crippen LogP contribution in [-0.4, -0.2) is 34.1 Å². The molecule has 0 atom stereocenters. The fourth-order valence-corrected chi connectivity index (χ4v) is 0.939. The van der Waals surface area contributed by atoms with Crippen LogP contribution in [0.5, 0.6) is 0 Å². The van der Waals surface area contributed by atoms with E-state index in [9.17, 15) is 4.79 Å². The molecule has 15 heavy (non-hydrogen) atoms. The molecule has 6 heteroatoms. The number of nitrogens with two attached hydrogens (primary N) is 1. The predicted molar refractivity (Wildman–Crippen MR) is 57.1 cm³/mol. The highest BCUT2D eigenvalue weighted by Gasteiger charge is 2.15. The molecule has 0 bridgehead atoms. The lowest BCUT2D eigenvalue weighted by molar-refractivity contribution is 0.0748. The Bertz CT molecular complexity index is 335. The van der Waals surface area contributed by atoms with Crippen LogP contribution in [0.15, 0.2) is 12.1 Å². The van der Waals surface area contributed by atoms with Crippen molar-refractivity contribution in [1.82, 2.24) is 15.1 Å². The van der Waals surface area contributed by atoms with Crippen molar-refractivity contribution in [3.63, 3.8) is 0 Å². The third kappa shape index (κ3) is 2.63. The second kappa shape index (κ2) is 4.70. The number of aromatic nitrogens is 2. The Morgan fingerprint density at radius 2 is 2.13 bits per heavy atom. The van der Waals surface area contributed by atoms with Crippen LogP contribution in [0.4, 0.5) is 5.82 Å². The summed E-state index contributed by atoms with van der Waals surface area (Å²) in [6.45, 7) is 3.86. The SMILES string of the molecule is CC(C)N(C)C(=O)c1ccc(NN)nn1. The first-order chi connectivity index (χ1) is 7.06. The first kappa shape index (κ1) is 11.4. The highest BCUT2D eigenvalue weighted by molar-refractivity contribution is 5.92. The van der Waals surface area contributed by atoms with Gasteiger partial charge in [0.15, 0.2) is 11.5 Å². The van der Waals surface area contributed by atoms with Gasteiger partial charge in [0.1, 0.15) is 0 Å². The molecule has 0 aromatic carbocycles. The first-order valence-electron chi connectivity index (χ1n) is 4.63. The van der Waals surface area contributed by atoms with E-state index < -0.39 is 0 Å². The number of carbonyl (C=O) groups is 1. The molecule has 0 radical (unpaired) electrons. The molecule has 1 heterocycles. The number of carbonyl (C=O) groups excluding carboxylic acids is 1. The van der Waals surface area contributed by atoms with Gasteiger partial charge in [-0.05, 0) is 26.0 Å². The summed E-state index contributed by atoms with van der Waals surface area (Å²) in [6, 6.07) is 3.32. The van der Waals surface area contributed by atoms with E-state index in [0.717, 1.165) is 0 Å². The average molecular weight is 209 g/mol. The maximum absolute atomic E-state index is 11.8. The summed E-state index contributed by atoms with van der Waals surface area (Å²) >= 11 is 0. The molecule has 0 aliphatic carbocycles. The van der Waals surface area contributed by atoms with E-state index in [1.807, 2.05) is 13.8 Å². The van der Waals surface area contributed by atoms with Crippen molar-refractivity contribution in [1.29, 1.82) is 0 Å². The quantitative estimate of drug-likeness (QED) is 0.550. The zero-order valence-corrected chi connectivity index (χ0v) is 9.06. The van der Waals surface area contributed by atoms with Gasteiger partial charge < -0.3 is 10.3 Å². The van der Waals surface area contributed by atoms with Crippen LogP contribution in [0, 0.1) is 0 Å². The Hall–Kier alpha value is -1.69. The number of hydrazine groups is 1. The van der Waals surface area contributed by atoms with E-state index in [4.69, 9.17) is 5.84 Å². The standard InChI is InChI=1S/C9H15N5O/c1-6(2)14(3)9(15)7-4-5-8(11-10)13-12-7/h4-6H,10H2,1-3H3,(H,11,13). The normalized spacial score (nSPS) is 10.2. The van der Waals surface area contributed by atoms with Crippen molar-refractivity contribution >= 4 is 11.7 Å². The number of hydrogen-bond donors (Lipinski definition) is 2. The topological polar surface area (TPSA) is 84.1 Å². The largest absolute Gasteiger partial charge is 0.338 e. The number of amides is 1. The van der Waals surface area contributed by atoms with E-state index in [-0.39, 0.29) is 11.9 Å². The molecule has 0 aliphatic heterocycles. The Kier molecular flexibility index (Phi) is 3.56. The van der Waals surface area contributed by atoms with E-state index in [0.29, 0.717) is 11.5 Å². The molecule has 6 nitrogen and oxygen atoms in total. The van der Waals surface area contributed by atoms with E-state index in [2.05, 4.69) is 15.6 Å². The molecule has 1 rings (SSSR count). The van der Waals surface area contributed by atoms with Crippen LogP contribution in [0.3, 0.4) is 0 Å². The van der Waals surface area contributed by atoms with Crippen LogP contribution in [0.2, 0.25) is 0 Å². The zero-order valence-electron chi connectivity index (χ0n) is 9.06. The van der Waals surface area contributed by atoms with Gasteiger partial charge in [-0.3, -0.25) is 4.79 Å². The van der Waals surface area contributed by atoms with Crippen LogP contribution in [-0.2, 0) is 0 Å². The van der Waals surface area contributed by atoms with Crippen LogP contribution in [0.1, 0.15) is 24.3 Å². The molecular weight excluding hydrogens is 194 g/mol. The fourth-order valence-electron chi connectivity index (χ4n) is 0.939. The second-order valence-electron chi connectivity index (χ2n) is 3.46. The number of nitrogen functional groups attached to an aromatic ring is 1. The van der Waals surface area contributed by atoms with Gasteiger partial charge >= 0.3 is 0 Å². The van der Waals surface area contributed by atoms with Gasteiger partial charge in [-0.2, -0.15) is 0 Å². The first-order valence-corrected chi connectivity index (χ1v) is 4.63. The monoisotopic (exact) mass is 209 g/mol. The Morgan fingerprint density at radius 1 is 1.47 bits per heavy atom. The number of anilines is 1. The van der Waals surface area contributed by atoms with E-state index in [1.54, 1.807) is 24.1 Å². The number of rotatable bonds is 3. The van der Waals surface area contributed by atoms with Crippen molar-refractivity contribution in [2.75, 3.05) is 12.5 Å². The average Bonchev–Trinajstić information content (AvgIpc) is 2.27. The summed E-state index contributed by atoms with van der Waals surface area (Å²) in [5.74, 6) is 5.41. The Morgan fingerprint density at radius 3 is 2.53 bits per heavy atom. The summed E-state index contributed by atoms with van der Waals surface area (Å²) in [5.41, 5.74) is 2.66. The molecule has 0 saturated carbocycles. The van der Waals surface area contributed by atoms with Gasteiger partial charge in [0.25, 0.3) is 5.91 Å². The lowest BCUT2D eigenvalue weighted by Crippen LogP contribution is -2.33. The summed E-state index contributed by atoms with van der Waals surface area (Å²) in [4.78, 5) is 13.4. The molecule has 0 saturated heterocycles. The molecule has 82 valence electrons. The molecule has 0 fully saturated rings. The smallest absolute Gasteiger partial charge is 0.274 e. The van der Waals surface area contributed by atoms with Gasteiger partial charge in [-0.25, -0.2) is 5.84 Å². The molecule has 1 aromatic rings. The van der Waals surface area contributed by atoms with Crippen LogP contribution >= 0.6 is 0 Å². The third-order valence-electron chi connectivity index (χ3n) is 2.13. The van der Waals surface area contributed by atoms with Gasteiger partial charge in [0.2, 0.25) is 0 Å². The summed E-state index contributed by atoms with van der Waals surface area (Å²) < 4.78 is 0. The van der Waals surface area contributed by atoms with E-state index in [1.165, 1.54) is 0 Å². The lowest BCUT2D eigenvalue weighted by Gasteiger charge is -2.20. The van der Waals surface area contributed by atoms with Gasteiger partial charge in [0, 0.05) is 13.1 Å². The highest BCUT2D eigenvalue weighted by Crippen LogP contribution is 2.05. The summed E-state index contributed by atoms with van der Waals surface area (Å²) in [5, 5.41) is 7.50. The van der Waals surface area contributed by atoms with Crippen LogP contribution in [0.25, 0.3) is 0 Å². The van der Waals surface area contributed by atoms with Gasteiger partial charge in [-0.15, -0.1) is 10.2 Å². The van der Waals surface area contributed by atoms with Crippen molar-refractivity contribution in [3.05, 3.63) is 17.8 Å². The number of nitrogens with one attached hydrogen (secondary N) is 1. The molecule has 0 spiro atoms. The van der Waals surface area contributed by atoms with Crippen molar-refractivity contribution < 1.29 is 4.79 Å². The molecule has 3 N–H and O–H groups in total. The van der Waals surface area contributed by atoms with Crippen molar-refractivity contribution in [2.45, 2.75) is 19.9 Å². The highest BCUT2D eigenvalue weighted by atomic mass is 16.2. The third-order valence-corrected chi connectivity index (χ3v) is 2.13. The molecule has 0 aliphatic rings. The Labute approximate surface area is 88.4 Å². The minimum atomic E-state index is -0.152. The summed E-state index contributed by atoms with van der Waals surface area (Å²) in [6.07, 6.45) is 0. The van der Waals surface area contributed by atoms with Gasteiger partial charge in [0.05, 0.1) is 0 Å². The van der Waals surface area contributed by atoms with Crippen molar-refractivity contribution in [2.24, 2.45) is 5.84 Å². The predicted octanol–water partition coefficient (Wildman–Crippen LogP) is 0.243. The Balaban J connectivity index is 2.83. The number of hydrogen-bond acceptors (Lipinski definition) is 5. The minimum absolute atomic E-state index is 0.131. The van der Waals surface area contributed by atoms with Crippen LogP contribution < -0.4 is 11.3 Å². The molecular formula is C9H15N5O. The second-order valence-corrected chi connectivity index (χ2v) is 3.46. The van der Waals surface area contributed by atoms with E-state index >= 15 is 0 Å². The maximum atomic E-state index is 11.8. The molecule has 1 aromatic heterocycles. The summed E-state index contributed by atoms with van der Waals surface area (Å²) in [7, 11) is 1.73. The fraction of sp³-hybridized carbons (Fsp3) is 0.444. The maximum Gasteiger partial charge on any atom is 0.274 e. The molecule has 1 amide bonds. The van der Waals surface area contributed by atoms with Crippen molar-refractivity contribution in [3.8, 4) is 0 Å². The molecule has 0 unspecified atom stereocenters. The zero-order chi connectivity index (χ0) is 11.4. The van der Waals surface area contributed by atoms with Gasteiger partial charge in [-0.1, -0.05) is 0 Å². The minimum Gasteiger partial charge on any atom is -0.338 e.